The van der Waals surface area contributed by atoms with Crippen LogP contribution in [0.2, 0.25) is 0 Å². The van der Waals surface area contributed by atoms with Crippen LogP contribution in [0.15, 0.2) is 71.2 Å². The van der Waals surface area contributed by atoms with E-state index in [-0.39, 0.29) is 0 Å². The molecule has 1 aliphatic heterocycles. The fraction of sp³-hybridized carbons (Fsp3) is 0.344. The predicted molar refractivity (Wildman–Crippen MR) is 152 cm³/mol. The fourth-order valence-electron chi connectivity index (χ4n) is 5.71. The van der Waals surface area contributed by atoms with E-state index in [0.717, 1.165) is 49.8 Å². The predicted octanol–water partition coefficient (Wildman–Crippen LogP) is 6.06. The van der Waals surface area contributed by atoms with Gasteiger partial charge in [-0.15, -0.1) is 0 Å². The molecule has 2 aromatic carbocycles. The molecule has 1 aliphatic carbocycles. The second-order valence-electron chi connectivity index (χ2n) is 10.5. The number of hydrogen-bond acceptors (Lipinski definition) is 5. The number of aromatic nitrogens is 2. The zero-order chi connectivity index (χ0) is 27.9. The van der Waals surface area contributed by atoms with Crippen molar-refractivity contribution in [2.75, 3.05) is 6.54 Å². The molecular formula is C32H35N3O5. The van der Waals surface area contributed by atoms with Gasteiger partial charge in [0.15, 0.2) is 5.89 Å². The van der Waals surface area contributed by atoms with Gasteiger partial charge >= 0.3 is 11.9 Å². The van der Waals surface area contributed by atoms with Gasteiger partial charge in [0.25, 0.3) is 0 Å². The van der Waals surface area contributed by atoms with Crippen molar-refractivity contribution in [3.63, 3.8) is 0 Å². The Morgan fingerprint density at radius 1 is 0.975 bits per heavy atom. The van der Waals surface area contributed by atoms with E-state index < -0.39 is 11.9 Å². The van der Waals surface area contributed by atoms with E-state index in [1.165, 1.54) is 59.8 Å². The highest BCUT2D eigenvalue weighted by molar-refractivity contribution is 5.89. The van der Waals surface area contributed by atoms with Crippen molar-refractivity contribution in [1.82, 2.24) is 14.9 Å². The molecule has 0 atom stereocenters. The molecule has 1 saturated carbocycles. The summed E-state index contributed by atoms with van der Waals surface area (Å²) in [5.41, 5.74) is 6.52. The summed E-state index contributed by atoms with van der Waals surface area (Å²) in [7, 11) is 0. The average molecular weight is 542 g/mol. The van der Waals surface area contributed by atoms with Crippen LogP contribution in [-0.2, 0) is 35.5 Å². The molecule has 2 aliphatic rings. The van der Waals surface area contributed by atoms with E-state index in [1.807, 2.05) is 0 Å². The van der Waals surface area contributed by atoms with Crippen LogP contribution >= 0.6 is 0 Å². The number of fused-ring (bicyclic) bond motifs is 3. The number of carboxylic acid groups (broad SMARTS) is 2. The van der Waals surface area contributed by atoms with Gasteiger partial charge in [-0.1, -0.05) is 67.8 Å². The van der Waals surface area contributed by atoms with Crippen molar-refractivity contribution >= 4 is 22.8 Å². The fourth-order valence-corrected chi connectivity index (χ4v) is 5.71. The third-order valence-corrected chi connectivity index (χ3v) is 7.66. The van der Waals surface area contributed by atoms with Gasteiger partial charge in [0.05, 0.1) is 12.2 Å². The van der Waals surface area contributed by atoms with Crippen LogP contribution in [-0.4, -0.2) is 43.6 Å². The molecule has 40 heavy (non-hydrogen) atoms. The lowest BCUT2D eigenvalue weighted by atomic mass is 9.89. The molecule has 3 heterocycles. The van der Waals surface area contributed by atoms with Crippen LogP contribution in [0.5, 0.6) is 0 Å². The molecule has 4 aromatic rings. The Bertz CT molecular complexity index is 1460. The minimum atomic E-state index is -1.26. The van der Waals surface area contributed by atoms with Gasteiger partial charge in [-0.25, -0.2) is 14.6 Å². The molecule has 3 N–H and O–H groups in total. The summed E-state index contributed by atoms with van der Waals surface area (Å²) in [5.74, 6) is 0.0245. The Labute approximate surface area is 233 Å². The smallest absolute Gasteiger partial charge is 0.328 e. The first-order valence-electron chi connectivity index (χ1n) is 13.9. The summed E-state index contributed by atoms with van der Waals surface area (Å²) < 4.78 is 6.51. The largest absolute Gasteiger partial charge is 0.478 e. The molecule has 208 valence electrons. The first-order chi connectivity index (χ1) is 19.5. The third-order valence-electron chi connectivity index (χ3n) is 7.66. The molecule has 0 radical (unpaired) electrons. The van der Waals surface area contributed by atoms with E-state index in [4.69, 9.17) is 19.6 Å². The van der Waals surface area contributed by atoms with Crippen LogP contribution < -0.4 is 0 Å². The SMILES string of the molecule is O=C(O)/C=C/C(=O)O.c1ccc(Cc2nc(C3CCCCC3)oc2CN2CCc3c([nH]c4ccccc34)C2)cc1. The quantitative estimate of drug-likeness (QED) is 0.243. The summed E-state index contributed by atoms with van der Waals surface area (Å²) in [4.78, 5) is 30.3. The molecule has 2 aromatic heterocycles. The number of oxazole rings is 1. The molecule has 0 spiro atoms. The van der Waals surface area contributed by atoms with Crippen LogP contribution in [0.1, 0.15) is 72.2 Å². The second kappa shape index (κ2) is 12.8. The highest BCUT2D eigenvalue weighted by Crippen LogP contribution is 2.34. The van der Waals surface area contributed by atoms with Gasteiger partial charge < -0.3 is 19.6 Å². The number of H-pyrrole nitrogens is 1. The Kier molecular flexibility index (Phi) is 8.76. The van der Waals surface area contributed by atoms with Crippen LogP contribution in [0.3, 0.4) is 0 Å². The number of benzene rings is 2. The van der Waals surface area contributed by atoms with E-state index in [1.54, 1.807) is 0 Å². The normalized spacial score (nSPS) is 16.0. The van der Waals surface area contributed by atoms with Gasteiger partial charge in [0.2, 0.25) is 0 Å². The van der Waals surface area contributed by atoms with Crippen LogP contribution in [0, 0.1) is 0 Å². The maximum absolute atomic E-state index is 9.55. The van der Waals surface area contributed by atoms with Gasteiger partial charge in [-0.3, -0.25) is 4.90 Å². The van der Waals surface area contributed by atoms with Gasteiger partial charge in [-0.05, 0) is 36.5 Å². The lowest BCUT2D eigenvalue weighted by Crippen LogP contribution is -2.30. The van der Waals surface area contributed by atoms with Gasteiger partial charge in [-0.2, -0.15) is 0 Å². The summed E-state index contributed by atoms with van der Waals surface area (Å²) in [5, 5.41) is 17.0. The number of carbonyl (C=O) groups is 2. The minimum absolute atomic E-state index is 0.494. The number of carboxylic acids is 2. The number of nitrogens with one attached hydrogen (secondary N) is 1. The highest BCUT2D eigenvalue weighted by Gasteiger charge is 2.26. The molecular weight excluding hydrogens is 506 g/mol. The van der Waals surface area contributed by atoms with Crippen molar-refractivity contribution in [1.29, 1.82) is 0 Å². The summed E-state index contributed by atoms with van der Waals surface area (Å²) in [6.07, 6.45) is 9.41. The monoisotopic (exact) mass is 541 g/mol. The van der Waals surface area contributed by atoms with Crippen LogP contribution in [0.25, 0.3) is 10.9 Å². The third kappa shape index (κ3) is 6.87. The van der Waals surface area contributed by atoms with E-state index in [0.29, 0.717) is 18.1 Å². The molecule has 6 rings (SSSR count). The Morgan fingerprint density at radius 3 is 2.40 bits per heavy atom. The van der Waals surface area contributed by atoms with Gasteiger partial charge in [0.1, 0.15) is 5.76 Å². The van der Waals surface area contributed by atoms with Gasteiger partial charge in [0, 0.05) is 54.2 Å². The lowest BCUT2D eigenvalue weighted by molar-refractivity contribution is -0.134. The Balaban J connectivity index is 0.000000355. The van der Waals surface area contributed by atoms with E-state index in [9.17, 15) is 9.59 Å². The maximum Gasteiger partial charge on any atom is 0.328 e. The summed E-state index contributed by atoms with van der Waals surface area (Å²) >= 11 is 0. The zero-order valence-corrected chi connectivity index (χ0v) is 22.5. The summed E-state index contributed by atoms with van der Waals surface area (Å²) in [6, 6.07) is 19.4. The van der Waals surface area contributed by atoms with Crippen molar-refractivity contribution in [2.24, 2.45) is 0 Å². The Morgan fingerprint density at radius 2 is 1.68 bits per heavy atom. The molecule has 1 fully saturated rings. The number of aliphatic carboxylic acids is 2. The highest BCUT2D eigenvalue weighted by atomic mass is 16.4. The van der Waals surface area contributed by atoms with Crippen LogP contribution in [0.4, 0.5) is 0 Å². The zero-order valence-electron chi connectivity index (χ0n) is 22.5. The average Bonchev–Trinajstić information content (AvgIpc) is 3.54. The molecule has 0 unspecified atom stereocenters. The molecule has 8 nitrogen and oxygen atoms in total. The molecule has 8 heteroatoms. The standard InChI is InChI=1S/C28H31N3O.C4H4O4/c1-3-9-20(10-4-1)17-25-27(32-28(30-25)21-11-5-2-6-12-21)19-31-16-15-23-22-13-7-8-14-24(22)29-26(23)18-31;5-3(6)1-2-4(7)8/h1,3-4,7-10,13-14,21,29H,2,5-6,11-12,15-19H2;1-2H,(H,5,6)(H,7,8)/b;2-1+. The topological polar surface area (TPSA) is 120 Å². The van der Waals surface area contributed by atoms with Crippen molar-refractivity contribution in [2.45, 2.75) is 64.0 Å². The van der Waals surface area contributed by atoms with Crippen molar-refractivity contribution < 1.29 is 24.2 Å². The number of nitrogens with zero attached hydrogens (tertiary/aromatic N) is 2. The van der Waals surface area contributed by atoms with E-state index >= 15 is 0 Å². The molecule has 0 saturated heterocycles. The number of aromatic amines is 1. The Hall–Kier alpha value is -4.17. The number of para-hydroxylation sites is 1. The maximum atomic E-state index is 9.55. The first kappa shape index (κ1) is 27.4. The minimum Gasteiger partial charge on any atom is -0.478 e. The molecule has 0 bridgehead atoms. The first-order valence-corrected chi connectivity index (χ1v) is 13.9. The van der Waals surface area contributed by atoms with Crippen molar-refractivity contribution in [3.8, 4) is 0 Å². The number of hydrogen-bond donors (Lipinski definition) is 3. The van der Waals surface area contributed by atoms with Crippen molar-refractivity contribution in [3.05, 3.63) is 101 Å². The summed E-state index contributed by atoms with van der Waals surface area (Å²) in [6.45, 7) is 2.82. The molecule has 0 amide bonds. The van der Waals surface area contributed by atoms with E-state index in [2.05, 4.69) is 64.5 Å². The second-order valence-corrected chi connectivity index (χ2v) is 10.5. The number of rotatable bonds is 7. The lowest BCUT2D eigenvalue weighted by Gasteiger charge is -2.26.